The summed E-state index contributed by atoms with van der Waals surface area (Å²) in [5.74, 6) is 2.14. The molecule has 0 radical (unpaired) electrons. The van der Waals surface area contributed by atoms with Crippen molar-refractivity contribution < 1.29 is 14.3 Å². The Morgan fingerprint density at radius 3 is 2.18 bits per heavy atom. The van der Waals surface area contributed by atoms with Crippen molar-refractivity contribution in [2.75, 3.05) is 31.4 Å². The molecule has 1 amide bonds. The third-order valence-corrected chi connectivity index (χ3v) is 8.87. The minimum atomic E-state index is -0.118. The molecule has 0 spiro atoms. The van der Waals surface area contributed by atoms with Gasteiger partial charge in [-0.3, -0.25) is 4.79 Å². The number of aromatic nitrogens is 4. The zero-order chi connectivity index (χ0) is 27.0. The Kier molecular flexibility index (Phi) is 9.00. The van der Waals surface area contributed by atoms with Gasteiger partial charge in [-0.1, -0.05) is 53.4 Å². The maximum Gasteiger partial charge on any atom is 0.230 e. The first-order valence-corrected chi connectivity index (χ1v) is 14.7. The van der Waals surface area contributed by atoms with Crippen LogP contribution in [0.1, 0.15) is 58.7 Å². The maximum atomic E-state index is 12.6. The van der Waals surface area contributed by atoms with Crippen molar-refractivity contribution in [2.24, 2.45) is 0 Å². The SMILES string of the molecule is COc1cccc(CCNc2nnc(C3CCCC(c4nnc(NC(=O)Cc5cccc(OC)c5)s4)C3)s2)c1. The summed E-state index contributed by atoms with van der Waals surface area (Å²) in [6.07, 6.45) is 5.36. The van der Waals surface area contributed by atoms with Gasteiger partial charge in [0, 0.05) is 18.4 Å². The third-order valence-electron chi connectivity index (χ3n) is 6.82. The van der Waals surface area contributed by atoms with E-state index in [9.17, 15) is 4.79 Å². The Hall–Kier alpha value is -3.57. The lowest BCUT2D eigenvalue weighted by atomic mass is 9.82. The largest absolute Gasteiger partial charge is 0.497 e. The molecule has 2 atom stereocenters. The van der Waals surface area contributed by atoms with E-state index in [1.807, 2.05) is 36.4 Å². The molecule has 39 heavy (non-hydrogen) atoms. The summed E-state index contributed by atoms with van der Waals surface area (Å²) >= 11 is 3.11. The molecule has 9 nitrogen and oxygen atoms in total. The van der Waals surface area contributed by atoms with Gasteiger partial charge >= 0.3 is 0 Å². The smallest absolute Gasteiger partial charge is 0.230 e. The molecule has 0 aliphatic heterocycles. The van der Waals surface area contributed by atoms with Crippen LogP contribution in [0.4, 0.5) is 10.3 Å². The standard InChI is InChI=1S/C28H32N6O3S2/c1-36-22-10-3-6-18(14-22)12-13-29-27-33-31-25(38-27)20-8-5-9-21(17-20)26-32-34-28(39-26)30-24(35)16-19-7-4-11-23(15-19)37-2/h3-4,6-7,10-11,14-15,20-21H,5,8-9,12-13,16-17H2,1-2H3,(H,29,33)(H,30,34,35). The van der Waals surface area contributed by atoms with Gasteiger partial charge in [0.2, 0.25) is 16.2 Å². The maximum absolute atomic E-state index is 12.6. The van der Waals surface area contributed by atoms with Crippen LogP contribution in [0.2, 0.25) is 0 Å². The molecule has 2 aromatic heterocycles. The molecular formula is C28H32N6O3S2. The number of methoxy groups -OCH3 is 2. The van der Waals surface area contributed by atoms with E-state index < -0.39 is 0 Å². The van der Waals surface area contributed by atoms with Crippen LogP contribution in [0.5, 0.6) is 11.5 Å². The van der Waals surface area contributed by atoms with E-state index >= 15 is 0 Å². The van der Waals surface area contributed by atoms with Crippen LogP contribution in [-0.4, -0.2) is 47.1 Å². The number of nitrogens with one attached hydrogen (secondary N) is 2. The highest BCUT2D eigenvalue weighted by atomic mass is 32.1. The van der Waals surface area contributed by atoms with E-state index in [0.29, 0.717) is 17.0 Å². The number of anilines is 2. The van der Waals surface area contributed by atoms with Crippen LogP contribution < -0.4 is 20.1 Å². The highest BCUT2D eigenvalue weighted by molar-refractivity contribution is 7.15. The van der Waals surface area contributed by atoms with Gasteiger partial charge in [-0.05, 0) is 61.1 Å². The summed E-state index contributed by atoms with van der Waals surface area (Å²) in [7, 11) is 3.30. The van der Waals surface area contributed by atoms with Gasteiger partial charge in [0.25, 0.3) is 0 Å². The fourth-order valence-corrected chi connectivity index (χ4v) is 6.66. The molecule has 2 heterocycles. The van der Waals surface area contributed by atoms with Crippen LogP contribution in [0.3, 0.4) is 0 Å². The predicted octanol–water partition coefficient (Wildman–Crippen LogP) is 5.68. The number of hydrogen-bond donors (Lipinski definition) is 2. The first-order chi connectivity index (χ1) is 19.1. The summed E-state index contributed by atoms with van der Waals surface area (Å²) in [5, 5.41) is 27.3. The molecule has 1 aliphatic rings. The van der Waals surface area contributed by atoms with Crippen LogP contribution in [0.15, 0.2) is 48.5 Å². The Morgan fingerprint density at radius 2 is 1.49 bits per heavy atom. The molecular weight excluding hydrogens is 532 g/mol. The Balaban J connectivity index is 1.12. The van der Waals surface area contributed by atoms with E-state index in [1.54, 1.807) is 25.6 Å². The summed E-state index contributed by atoms with van der Waals surface area (Å²) < 4.78 is 10.5. The molecule has 2 aromatic carbocycles. The van der Waals surface area contributed by atoms with Crippen molar-refractivity contribution in [1.29, 1.82) is 0 Å². The average molecular weight is 565 g/mol. The number of hydrogen-bond acceptors (Lipinski definition) is 10. The second-order valence-corrected chi connectivity index (χ2v) is 11.6. The predicted molar refractivity (Wildman–Crippen MR) is 154 cm³/mol. The van der Waals surface area contributed by atoms with Gasteiger partial charge in [-0.15, -0.1) is 20.4 Å². The lowest BCUT2D eigenvalue weighted by molar-refractivity contribution is -0.115. The van der Waals surface area contributed by atoms with Crippen molar-refractivity contribution in [3.05, 3.63) is 69.7 Å². The molecule has 0 saturated heterocycles. The quantitative estimate of drug-likeness (QED) is 0.239. The number of amides is 1. The molecule has 11 heteroatoms. The minimum Gasteiger partial charge on any atom is -0.497 e. The number of nitrogens with zero attached hydrogens (tertiary/aromatic N) is 4. The van der Waals surface area contributed by atoms with Crippen LogP contribution in [0.25, 0.3) is 0 Å². The Bertz CT molecular complexity index is 1390. The molecule has 1 aliphatic carbocycles. The first-order valence-electron chi connectivity index (χ1n) is 13.1. The van der Waals surface area contributed by atoms with Gasteiger partial charge in [0.05, 0.1) is 20.6 Å². The molecule has 1 fully saturated rings. The molecule has 204 valence electrons. The van der Waals surface area contributed by atoms with Crippen molar-refractivity contribution >= 4 is 38.8 Å². The van der Waals surface area contributed by atoms with Crippen molar-refractivity contribution in [3.8, 4) is 11.5 Å². The molecule has 2 unspecified atom stereocenters. The molecule has 4 aromatic rings. The fourth-order valence-electron chi connectivity index (χ4n) is 4.83. The summed E-state index contributed by atoms with van der Waals surface area (Å²) in [5.41, 5.74) is 2.10. The third kappa shape index (κ3) is 7.30. The number of rotatable bonds is 11. The first kappa shape index (κ1) is 27.0. The molecule has 1 saturated carbocycles. The van der Waals surface area contributed by atoms with Gasteiger partial charge in [-0.2, -0.15) is 0 Å². The number of carbonyl (C=O) groups excluding carboxylic acids is 1. The van der Waals surface area contributed by atoms with Gasteiger partial charge in [-0.25, -0.2) is 0 Å². The van der Waals surface area contributed by atoms with Crippen LogP contribution >= 0.6 is 22.7 Å². The lowest BCUT2D eigenvalue weighted by Gasteiger charge is -2.25. The molecule has 5 rings (SSSR count). The zero-order valence-electron chi connectivity index (χ0n) is 22.1. The highest BCUT2D eigenvalue weighted by Crippen LogP contribution is 2.43. The van der Waals surface area contributed by atoms with E-state index in [0.717, 1.165) is 70.9 Å². The Morgan fingerprint density at radius 1 is 0.872 bits per heavy atom. The normalized spacial score (nSPS) is 17.0. The molecule has 2 N–H and O–H groups in total. The fraction of sp³-hybridized carbons (Fsp3) is 0.393. The second-order valence-electron chi connectivity index (χ2n) is 9.56. The molecule has 0 bridgehead atoms. The highest BCUT2D eigenvalue weighted by Gasteiger charge is 2.29. The monoisotopic (exact) mass is 564 g/mol. The van der Waals surface area contributed by atoms with Crippen LogP contribution in [0, 0.1) is 0 Å². The number of carbonyl (C=O) groups is 1. The van der Waals surface area contributed by atoms with Gasteiger partial charge in [0.15, 0.2) is 0 Å². The Labute approximate surface area is 236 Å². The summed E-state index contributed by atoms with van der Waals surface area (Å²) in [4.78, 5) is 12.6. The number of benzene rings is 2. The summed E-state index contributed by atoms with van der Waals surface area (Å²) in [6.45, 7) is 0.784. The van der Waals surface area contributed by atoms with Crippen LogP contribution in [-0.2, 0) is 17.6 Å². The lowest BCUT2D eigenvalue weighted by Crippen LogP contribution is -2.14. The van der Waals surface area contributed by atoms with Crippen molar-refractivity contribution in [1.82, 2.24) is 20.4 Å². The zero-order valence-corrected chi connectivity index (χ0v) is 23.7. The topological polar surface area (TPSA) is 111 Å². The van der Waals surface area contributed by atoms with Gasteiger partial charge < -0.3 is 20.1 Å². The average Bonchev–Trinajstić information content (AvgIpc) is 3.63. The van der Waals surface area contributed by atoms with E-state index in [1.165, 1.54) is 16.9 Å². The van der Waals surface area contributed by atoms with E-state index in [4.69, 9.17) is 9.47 Å². The van der Waals surface area contributed by atoms with Gasteiger partial charge in [0.1, 0.15) is 21.5 Å². The van der Waals surface area contributed by atoms with Crippen molar-refractivity contribution in [2.45, 2.75) is 50.4 Å². The number of ether oxygens (including phenoxy) is 2. The van der Waals surface area contributed by atoms with E-state index in [-0.39, 0.29) is 12.3 Å². The minimum absolute atomic E-state index is 0.118. The van der Waals surface area contributed by atoms with Crippen molar-refractivity contribution in [3.63, 3.8) is 0 Å². The second kappa shape index (κ2) is 13.0. The van der Waals surface area contributed by atoms with E-state index in [2.05, 4.69) is 43.2 Å². The summed E-state index contributed by atoms with van der Waals surface area (Å²) in [6, 6.07) is 15.6.